The topological polar surface area (TPSA) is 86.2 Å². The quantitative estimate of drug-likeness (QED) is 0.253. The highest BCUT2D eigenvalue weighted by molar-refractivity contribution is 14.1. The van der Waals surface area contributed by atoms with Gasteiger partial charge in [0.25, 0.3) is 5.91 Å². The number of nitrogens with zero attached hydrogens (tertiary/aromatic N) is 1. The third-order valence-electron chi connectivity index (χ3n) is 4.50. The second-order valence-electron chi connectivity index (χ2n) is 6.86. The van der Waals surface area contributed by atoms with Gasteiger partial charge in [-0.2, -0.15) is 0 Å². The summed E-state index contributed by atoms with van der Waals surface area (Å²) in [7, 11) is 0. The lowest BCUT2D eigenvalue weighted by Gasteiger charge is -2.14. The van der Waals surface area contributed by atoms with E-state index in [1.54, 1.807) is 19.1 Å². The van der Waals surface area contributed by atoms with Crippen LogP contribution in [0, 0.1) is 3.57 Å². The van der Waals surface area contributed by atoms with Crippen LogP contribution in [0.3, 0.4) is 0 Å². The van der Waals surface area contributed by atoms with Crippen LogP contribution in [0.5, 0.6) is 11.5 Å². The highest BCUT2D eigenvalue weighted by atomic mass is 127. The number of hydrogen-bond donors (Lipinski definition) is 1. The van der Waals surface area contributed by atoms with Crippen LogP contribution in [0.2, 0.25) is 0 Å². The first-order chi connectivity index (χ1) is 15.9. The molecule has 1 aliphatic heterocycles. The van der Waals surface area contributed by atoms with Crippen molar-refractivity contribution in [1.82, 2.24) is 5.32 Å². The van der Waals surface area contributed by atoms with Crippen LogP contribution in [0.15, 0.2) is 46.3 Å². The molecular formula is C24H25IN2O5S. The van der Waals surface area contributed by atoms with Gasteiger partial charge in [-0.15, -0.1) is 0 Å². The van der Waals surface area contributed by atoms with Crippen molar-refractivity contribution in [3.8, 4) is 11.5 Å². The molecule has 33 heavy (non-hydrogen) atoms. The largest absolute Gasteiger partial charge is 0.490 e. The van der Waals surface area contributed by atoms with Crippen molar-refractivity contribution in [2.75, 3.05) is 19.8 Å². The maximum atomic E-state index is 12.5. The third kappa shape index (κ3) is 6.97. The summed E-state index contributed by atoms with van der Waals surface area (Å²) in [6, 6.07) is 11.6. The number of thioether (sulfide) groups is 1. The van der Waals surface area contributed by atoms with Gasteiger partial charge >= 0.3 is 5.97 Å². The summed E-state index contributed by atoms with van der Waals surface area (Å²) in [6.45, 7) is 6.21. The monoisotopic (exact) mass is 580 g/mol. The Morgan fingerprint density at radius 3 is 2.55 bits per heavy atom. The summed E-state index contributed by atoms with van der Waals surface area (Å²) in [6.07, 6.45) is 2.74. The molecule has 3 rings (SSSR count). The number of esters is 1. The Balaban J connectivity index is 1.80. The van der Waals surface area contributed by atoms with E-state index in [0.29, 0.717) is 34.8 Å². The van der Waals surface area contributed by atoms with Crippen LogP contribution >= 0.6 is 34.4 Å². The van der Waals surface area contributed by atoms with Gasteiger partial charge in [-0.3, -0.25) is 4.79 Å². The fraction of sp³-hybridized carbons (Fsp3) is 0.292. The summed E-state index contributed by atoms with van der Waals surface area (Å²) in [5.74, 6) is 0.305. The first-order valence-corrected chi connectivity index (χ1v) is 12.5. The molecule has 0 bridgehead atoms. The molecule has 2 aromatic rings. The maximum Gasteiger partial charge on any atom is 0.344 e. The van der Waals surface area contributed by atoms with E-state index in [2.05, 4.69) is 39.8 Å². The first kappa shape index (κ1) is 25.1. The normalized spacial score (nSPS) is 15.6. The smallest absolute Gasteiger partial charge is 0.344 e. The molecule has 1 aliphatic rings. The predicted molar refractivity (Wildman–Crippen MR) is 139 cm³/mol. The lowest BCUT2D eigenvalue weighted by molar-refractivity contribution is -0.145. The predicted octanol–water partition coefficient (Wildman–Crippen LogP) is 5.09. The van der Waals surface area contributed by atoms with Crippen molar-refractivity contribution < 1.29 is 23.8 Å². The fourth-order valence-electron chi connectivity index (χ4n) is 2.96. The number of aliphatic imine (C=N–C) groups is 1. The van der Waals surface area contributed by atoms with Gasteiger partial charge in [0.15, 0.2) is 23.3 Å². The Hall–Kier alpha value is -2.53. The van der Waals surface area contributed by atoms with Crippen LogP contribution in [0.1, 0.15) is 31.9 Å². The molecule has 1 N–H and O–H groups in total. The van der Waals surface area contributed by atoms with Crippen molar-refractivity contribution in [1.29, 1.82) is 0 Å². The molecule has 1 heterocycles. The van der Waals surface area contributed by atoms with Crippen molar-refractivity contribution in [3.05, 3.63) is 56.0 Å². The van der Waals surface area contributed by atoms with Gasteiger partial charge in [0.2, 0.25) is 0 Å². The Morgan fingerprint density at radius 2 is 1.88 bits per heavy atom. The molecule has 0 unspecified atom stereocenters. The van der Waals surface area contributed by atoms with E-state index in [1.165, 1.54) is 17.3 Å². The molecule has 0 radical (unpaired) electrons. The minimum atomic E-state index is -0.447. The van der Waals surface area contributed by atoms with Gasteiger partial charge in [0, 0.05) is 0 Å². The van der Waals surface area contributed by atoms with Gasteiger partial charge in [-0.05, 0) is 96.1 Å². The second-order valence-corrected chi connectivity index (χ2v) is 9.05. The van der Waals surface area contributed by atoms with Gasteiger partial charge < -0.3 is 19.5 Å². The first-order valence-electron chi connectivity index (χ1n) is 10.6. The number of amides is 1. The molecule has 1 saturated heterocycles. The molecule has 2 aromatic carbocycles. The Kier molecular flexibility index (Phi) is 9.19. The molecule has 174 valence electrons. The average molecular weight is 580 g/mol. The summed E-state index contributed by atoms with van der Waals surface area (Å²) in [5.41, 5.74) is 2.79. The summed E-state index contributed by atoms with van der Waals surface area (Å²) in [4.78, 5) is 29.2. The molecule has 9 heteroatoms. The van der Waals surface area contributed by atoms with Gasteiger partial charge in [-0.1, -0.05) is 19.1 Å². The Morgan fingerprint density at radius 1 is 1.12 bits per heavy atom. The molecule has 0 spiro atoms. The number of amidine groups is 1. The molecule has 7 nitrogen and oxygen atoms in total. The molecule has 0 atom stereocenters. The van der Waals surface area contributed by atoms with Crippen LogP contribution in [0.4, 0.5) is 5.69 Å². The number of halogens is 1. The van der Waals surface area contributed by atoms with E-state index in [1.807, 2.05) is 37.3 Å². The number of carbonyl (C=O) groups is 2. The van der Waals surface area contributed by atoms with Crippen LogP contribution < -0.4 is 14.8 Å². The van der Waals surface area contributed by atoms with Crippen molar-refractivity contribution in [2.45, 2.75) is 27.2 Å². The summed E-state index contributed by atoms with van der Waals surface area (Å²) in [5, 5.41) is 3.34. The van der Waals surface area contributed by atoms with Crippen LogP contribution in [-0.2, 0) is 20.7 Å². The Bertz CT molecular complexity index is 1080. The zero-order valence-corrected chi connectivity index (χ0v) is 21.6. The van der Waals surface area contributed by atoms with Crippen LogP contribution in [-0.4, -0.2) is 36.9 Å². The SMILES string of the molecule is CCOC(=O)COc1c(I)cc(/C=C2\SC(=Nc3ccc(CC)cc3)NC2=O)cc1OCC. The third-order valence-corrected chi connectivity index (χ3v) is 6.21. The van der Waals surface area contributed by atoms with E-state index in [-0.39, 0.29) is 12.5 Å². The van der Waals surface area contributed by atoms with Gasteiger partial charge in [0.05, 0.1) is 27.4 Å². The number of carbonyl (C=O) groups excluding carboxylic acids is 2. The van der Waals surface area contributed by atoms with Crippen LogP contribution in [0.25, 0.3) is 6.08 Å². The van der Waals surface area contributed by atoms with E-state index in [4.69, 9.17) is 14.2 Å². The van der Waals surface area contributed by atoms with Crippen molar-refractivity contribution in [3.63, 3.8) is 0 Å². The number of aryl methyl sites for hydroxylation is 1. The zero-order chi connectivity index (χ0) is 23.8. The minimum Gasteiger partial charge on any atom is -0.490 e. The van der Waals surface area contributed by atoms with E-state index in [0.717, 1.165) is 21.2 Å². The average Bonchev–Trinajstić information content (AvgIpc) is 3.12. The van der Waals surface area contributed by atoms with Gasteiger partial charge in [0.1, 0.15) is 0 Å². The lowest BCUT2D eigenvalue weighted by Crippen LogP contribution is -2.19. The highest BCUT2D eigenvalue weighted by Crippen LogP contribution is 2.36. The molecule has 0 saturated carbocycles. The number of hydrogen-bond acceptors (Lipinski definition) is 7. The fourth-order valence-corrected chi connectivity index (χ4v) is 4.59. The standard InChI is InChI=1S/C24H25IN2O5S/c1-4-15-7-9-17(10-8-15)26-24-27-23(29)20(33-24)13-16-11-18(25)22(19(12-16)30-5-2)32-14-21(28)31-6-3/h7-13H,4-6,14H2,1-3H3,(H,26,27,29)/b20-13-. The summed E-state index contributed by atoms with van der Waals surface area (Å²) >= 11 is 3.40. The number of benzene rings is 2. The highest BCUT2D eigenvalue weighted by Gasteiger charge is 2.24. The number of nitrogens with one attached hydrogen (secondary N) is 1. The minimum absolute atomic E-state index is 0.207. The molecule has 0 aliphatic carbocycles. The number of ether oxygens (including phenoxy) is 3. The molecule has 1 fully saturated rings. The molecule has 1 amide bonds. The number of rotatable bonds is 9. The van der Waals surface area contributed by atoms with Gasteiger partial charge in [-0.25, -0.2) is 9.79 Å². The Labute approximate surface area is 211 Å². The van der Waals surface area contributed by atoms with E-state index < -0.39 is 5.97 Å². The van der Waals surface area contributed by atoms with Crippen molar-refractivity contribution >= 4 is 63.2 Å². The molecular weight excluding hydrogens is 555 g/mol. The molecule has 0 aromatic heterocycles. The second kappa shape index (κ2) is 12.1. The van der Waals surface area contributed by atoms with Crippen molar-refractivity contribution in [2.24, 2.45) is 4.99 Å². The van der Waals surface area contributed by atoms with E-state index in [9.17, 15) is 9.59 Å². The maximum absolute atomic E-state index is 12.5. The zero-order valence-electron chi connectivity index (χ0n) is 18.6. The van der Waals surface area contributed by atoms with E-state index >= 15 is 0 Å². The lowest BCUT2D eigenvalue weighted by atomic mass is 10.2. The summed E-state index contributed by atoms with van der Waals surface area (Å²) < 4.78 is 17.0.